The molecular formula is C20H25N3O. The lowest BCUT2D eigenvalue weighted by molar-refractivity contribution is 0.154. The van der Waals surface area contributed by atoms with Crippen molar-refractivity contribution in [2.45, 2.75) is 19.8 Å². The molecular weight excluding hydrogens is 298 g/mol. The van der Waals surface area contributed by atoms with Crippen LogP contribution < -0.4 is 10.6 Å². The topological polar surface area (TPSA) is 44.4 Å². The normalized spacial score (nSPS) is 19.6. The second-order valence-electron chi connectivity index (χ2n) is 6.55. The van der Waals surface area contributed by atoms with E-state index in [1.54, 1.807) is 6.08 Å². The Hall–Kier alpha value is -2.49. The van der Waals surface area contributed by atoms with E-state index in [0.29, 0.717) is 0 Å². The molecule has 2 amide bonds. The first kappa shape index (κ1) is 16.4. The van der Waals surface area contributed by atoms with E-state index >= 15 is 0 Å². The van der Waals surface area contributed by atoms with Gasteiger partial charge >= 0.3 is 6.03 Å². The molecule has 1 saturated heterocycles. The van der Waals surface area contributed by atoms with Crippen LogP contribution in [0.1, 0.15) is 19.8 Å². The Bertz CT molecular complexity index is 667. The Morgan fingerprint density at radius 3 is 2.67 bits per heavy atom. The highest BCUT2D eigenvalue weighted by molar-refractivity contribution is 5.89. The number of rotatable bonds is 3. The fraction of sp³-hybridized carbons (Fsp3) is 0.350. The molecule has 2 heterocycles. The van der Waals surface area contributed by atoms with E-state index in [1.165, 1.54) is 11.3 Å². The monoisotopic (exact) mass is 323 g/mol. The first-order valence-electron chi connectivity index (χ1n) is 8.50. The minimum atomic E-state index is -0.00424. The van der Waals surface area contributed by atoms with Gasteiger partial charge in [0.05, 0.1) is 0 Å². The minimum absolute atomic E-state index is 0.00424. The van der Waals surface area contributed by atoms with Crippen LogP contribution in [0.15, 0.2) is 66.4 Å². The number of hydrogen-bond acceptors (Lipinski definition) is 2. The number of para-hydroxylation sites is 1. The van der Waals surface area contributed by atoms with Crippen molar-refractivity contribution < 1.29 is 4.79 Å². The molecule has 2 N–H and O–H groups in total. The van der Waals surface area contributed by atoms with Gasteiger partial charge in [-0.3, -0.25) is 0 Å². The van der Waals surface area contributed by atoms with Gasteiger partial charge in [-0.1, -0.05) is 36.9 Å². The smallest absolute Gasteiger partial charge is 0.321 e. The average molecular weight is 323 g/mol. The number of nitrogens with one attached hydrogen (secondary N) is 2. The van der Waals surface area contributed by atoms with Crippen LogP contribution in [-0.2, 0) is 0 Å². The highest BCUT2D eigenvalue weighted by Crippen LogP contribution is 2.42. The first-order valence-corrected chi connectivity index (χ1v) is 8.50. The van der Waals surface area contributed by atoms with Crippen molar-refractivity contribution in [3.63, 3.8) is 0 Å². The van der Waals surface area contributed by atoms with Gasteiger partial charge in [-0.05, 0) is 43.5 Å². The van der Waals surface area contributed by atoms with Crippen LogP contribution >= 0.6 is 0 Å². The van der Waals surface area contributed by atoms with Gasteiger partial charge in [-0.25, -0.2) is 4.79 Å². The largest absolute Gasteiger partial charge is 0.384 e. The fourth-order valence-corrected chi connectivity index (χ4v) is 3.58. The van der Waals surface area contributed by atoms with Crippen LogP contribution in [0.25, 0.3) is 0 Å². The van der Waals surface area contributed by atoms with Gasteiger partial charge in [-0.2, -0.15) is 0 Å². The van der Waals surface area contributed by atoms with Crippen molar-refractivity contribution >= 4 is 11.7 Å². The van der Waals surface area contributed by atoms with Crippen LogP contribution in [0.3, 0.4) is 0 Å². The highest BCUT2D eigenvalue weighted by Gasteiger charge is 2.41. The van der Waals surface area contributed by atoms with Gasteiger partial charge < -0.3 is 15.5 Å². The van der Waals surface area contributed by atoms with Crippen LogP contribution in [0.2, 0.25) is 0 Å². The van der Waals surface area contributed by atoms with Crippen molar-refractivity contribution in [3.05, 3.63) is 66.4 Å². The average Bonchev–Trinajstić information content (AvgIpc) is 2.91. The summed E-state index contributed by atoms with van der Waals surface area (Å²) in [4.78, 5) is 14.3. The number of urea groups is 1. The molecule has 0 bridgehead atoms. The molecule has 24 heavy (non-hydrogen) atoms. The molecule has 3 rings (SSSR count). The number of allylic oxidation sites excluding steroid dienone is 3. The Labute approximate surface area is 143 Å². The minimum Gasteiger partial charge on any atom is -0.384 e. The Kier molecular flexibility index (Phi) is 4.74. The Morgan fingerprint density at radius 1 is 1.29 bits per heavy atom. The van der Waals surface area contributed by atoms with Crippen molar-refractivity contribution in [2.24, 2.45) is 5.41 Å². The number of piperidine rings is 1. The number of hydrogen-bond donors (Lipinski definition) is 2. The maximum absolute atomic E-state index is 12.4. The third-order valence-corrected chi connectivity index (χ3v) is 5.25. The summed E-state index contributed by atoms with van der Waals surface area (Å²) in [5.41, 5.74) is 3.64. The molecule has 0 radical (unpaired) electrons. The molecule has 4 nitrogen and oxygen atoms in total. The molecule has 0 unspecified atom stereocenters. The van der Waals surface area contributed by atoms with Crippen molar-refractivity contribution in [1.82, 2.24) is 10.2 Å². The molecule has 2 aliphatic rings. The molecule has 1 fully saturated rings. The van der Waals surface area contributed by atoms with E-state index in [1.807, 2.05) is 41.3 Å². The van der Waals surface area contributed by atoms with Gasteiger partial charge in [-0.15, -0.1) is 0 Å². The number of benzene rings is 1. The van der Waals surface area contributed by atoms with Crippen molar-refractivity contribution in [1.29, 1.82) is 0 Å². The molecule has 0 saturated carbocycles. The van der Waals surface area contributed by atoms with Gasteiger partial charge in [0.15, 0.2) is 0 Å². The van der Waals surface area contributed by atoms with Crippen LogP contribution in [0.4, 0.5) is 10.5 Å². The lowest BCUT2D eigenvalue weighted by atomic mass is 9.74. The zero-order valence-electron chi connectivity index (χ0n) is 14.2. The van der Waals surface area contributed by atoms with Gasteiger partial charge in [0.1, 0.15) is 0 Å². The number of carbonyl (C=O) groups is 1. The fourth-order valence-electron chi connectivity index (χ4n) is 3.58. The summed E-state index contributed by atoms with van der Waals surface area (Å²) in [7, 11) is 0. The Morgan fingerprint density at radius 2 is 2.00 bits per heavy atom. The van der Waals surface area contributed by atoms with Crippen LogP contribution in [0, 0.1) is 5.41 Å². The van der Waals surface area contributed by atoms with Crippen molar-refractivity contribution in [2.75, 3.05) is 25.0 Å². The number of nitrogens with zero attached hydrogens (tertiary/aromatic N) is 1. The van der Waals surface area contributed by atoms with Crippen LogP contribution in [-0.4, -0.2) is 30.6 Å². The number of carbonyl (C=O) groups excluding carboxylic acids is 1. The first-order chi connectivity index (χ1) is 11.6. The standard InChI is InChI=1S/C20H25N3O/c1-3-4-10-18-16(2)20(15-21-18)11-13-23(14-12-20)19(24)22-17-8-6-5-7-9-17/h3-10,21H,1,11-15H2,2H3,(H,22,24)/b10-4-. The molecule has 2 aliphatic heterocycles. The second kappa shape index (κ2) is 6.95. The van der Waals surface area contributed by atoms with Crippen molar-refractivity contribution in [3.8, 4) is 0 Å². The molecule has 126 valence electrons. The molecule has 0 aliphatic carbocycles. The summed E-state index contributed by atoms with van der Waals surface area (Å²) in [6.45, 7) is 8.47. The number of likely N-dealkylation sites (tertiary alicyclic amines) is 1. The quantitative estimate of drug-likeness (QED) is 0.828. The lowest BCUT2D eigenvalue weighted by Gasteiger charge is -2.39. The number of anilines is 1. The van der Waals surface area contributed by atoms with E-state index in [-0.39, 0.29) is 11.4 Å². The van der Waals surface area contributed by atoms with E-state index in [4.69, 9.17) is 0 Å². The summed E-state index contributed by atoms with van der Waals surface area (Å²) in [5, 5.41) is 6.49. The molecule has 1 aromatic carbocycles. The number of amides is 2. The predicted molar refractivity (Wildman–Crippen MR) is 98.7 cm³/mol. The Balaban J connectivity index is 1.62. The third-order valence-electron chi connectivity index (χ3n) is 5.25. The molecule has 1 aromatic rings. The van der Waals surface area contributed by atoms with E-state index in [9.17, 15) is 4.79 Å². The van der Waals surface area contributed by atoms with Crippen LogP contribution in [0.5, 0.6) is 0 Å². The summed E-state index contributed by atoms with van der Waals surface area (Å²) in [6, 6.07) is 9.62. The molecule has 0 aromatic heterocycles. The second-order valence-corrected chi connectivity index (χ2v) is 6.55. The summed E-state index contributed by atoms with van der Waals surface area (Å²) in [5.74, 6) is 0. The van der Waals surface area contributed by atoms with E-state index < -0.39 is 0 Å². The summed E-state index contributed by atoms with van der Waals surface area (Å²) >= 11 is 0. The predicted octanol–water partition coefficient (Wildman–Crippen LogP) is 3.92. The lowest BCUT2D eigenvalue weighted by Crippen LogP contribution is -2.46. The van der Waals surface area contributed by atoms with Gasteiger partial charge in [0, 0.05) is 36.4 Å². The summed E-state index contributed by atoms with van der Waals surface area (Å²) < 4.78 is 0. The maximum Gasteiger partial charge on any atom is 0.321 e. The van der Waals surface area contributed by atoms with Gasteiger partial charge in [0.25, 0.3) is 0 Å². The molecule has 0 atom stereocenters. The third kappa shape index (κ3) is 3.23. The summed E-state index contributed by atoms with van der Waals surface area (Å²) in [6.07, 6.45) is 7.85. The highest BCUT2D eigenvalue weighted by atomic mass is 16.2. The van der Waals surface area contributed by atoms with Gasteiger partial charge in [0.2, 0.25) is 0 Å². The zero-order valence-corrected chi connectivity index (χ0v) is 14.2. The van der Waals surface area contributed by atoms with E-state index in [2.05, 4.69) is 30.2 Å². The molecule has 4 heteroatoms. The SMILES string of the molecule is C=C/C=C\C1=C(C)C2(CCN(C(=O)Nc3ccccc3)CC2)CN1. The molecule has 1 spiro atoms. The van der Waals surface area contributed by atoms with E-state index in [0.717, 1.165) is 38.2 Å². The zero-order chi connectivity index (χ0) is 17.0. The maximum atomic E-state index is 12.4.